The minimum absolute atomic E-state index is 0. The van der Waals surface area contributed by atoms with Crippen molar-refractivity contribution in [3.63, 3.8) is 0 Å². The van der Waals surface area contributed by atoms with Crippen molar-refractivity contribution in [3.05, 3.63) is 0 Å². The van der Waals surface area contributed by atoms with Gasteiger partial charge in [0.15, 0.2) is 0 Å². The van der Waals surface area contributed by atoms with E-state index in [4.69, 9.17) is 9.47 Å². The summed E-state index contributed by atoms with van der Waals surface area (Å²) in [6.45, 7) is 8.55. The van der Waals surface area contributed by atoms with Gasteiger partial charge in [-0.25, -0.2) is 0 Å². The quantitative estimate of drug-likeness (QED) is 0.820. The summed E-state index contributed by atoms with van der Waals surface area (Å²) in [5, 5.41) is 6.50. The van der Waals surface area contributed by atoms with Crippen LogP contribution in [0.25, 0.3) is 0 Å². The van der Waals surface area contributed by atoms with Gasteiger partial charge in [0.05, 0.1) is 24.4 Å². The van der Waals surface area contributed by atoms with Crippen LogP contribution in [0.3, 0.4) is 0 Å². The summed E-state index contributed by atoms with van der Waals surface area (Å²) in [4.78, 5) is 0. The van der Waals surface area contributed by atoms with Crippen molar-refractivity contribution < 1.29 is 9.47 Å². The van der Waals surface area contributed by atoms with E-state index in [1.165, 1.54) is 25.7 Å². The first kappa shape index (κ1) is 21.2. The molecular formula is C16H36N2O2S. The highest BCUT2D eigenvalue weighted by atomic mass is 32.1. The maximum atomic E-state index is 5.63. The lowest BCUT2D eigenvalue weighted by molar-refractivity contribution is -0.0479. The summed E-state index contributed by atoms with van der Waals surface area (Å²) in [5.41, 5.74) is 0. The molecule has 2 N–H and O–H groups in total. The van der Waals surface area contributed by atoms with E-state index >= 15 is 0 Å². The van der Waals surface area contributed by atoms with Crippen LogP contribution >= 0.6 is 13.5 Å². The summed E-state index contributed by atoms with van der Waals surface area (Å²) in [7, 11) is 4.00. The maximum Gasteiger partial charge on any atom is 0.0703 e. The van der Waals surface area contributed by atoms with Crippen molar-refractivity contribution in [2.24, 2.45) is 0 Å². The van der Waals surface area contributed by atoms with Crippen LogP contribution in [0.2, 0.25) is 0 Å². The summed E-state index contributed by atoms with van der Waals surface area (Å²) in [6.07, 6.45) is 6.56. The van der Waals surface area contributed by atoms with Gasteiger partial charge < -0.3 is 20.1 Å². The Morgan fingerprint density at radius 1 is 0.667 bits per heavy atom. The van der Waals surface area contributed by atoms with Crippen LogP contribution in [0.5, 0.6) is 0 Å². The molecule has 2 fully saturated rings. The van der Waals surface area contributed by atoms with Crippen LogP contribution in [0.1, 0.15) is 53.4 Å². The van der Waals surface area contributed by atoms with Gasteiger partial charge in [0.1, 0.15) is 0 Å². The smallest absolute Gasteiger partial charge is 0.0703 e. The fourth-order valence-corrected chi connectivity index (χ4v) is 3.11. The van der Waals surface area contributed by atoms with Crippen LogP contribution < -0.4 is 10.6 Å². The van der Waals surface area contributed by atoms with Gasteiger partial charge >= 0.3 is 0 Å². The van der Waals surface area contributed by atoms with E-state index in [1.54, 1.807) is 0 Å². The van der Waals surface area contributed by atoms with Crippen molar-refractivity contribution in [2.45, 2.75) is 89.9 Å². The molecule has 6 atom stereocenters. The Hall–Kier alpha value is 0.190. The molecule has 128 valence electrons. The molecule has 2 rings (SSSR count). The maximum absolute atomic E-state index is 5.63. The third-order valence-corrected chi connectivity index (χ3v) is 4.54. The van der Waals surface area contributed by atoms with E-state index in [1.807, 2.05) is 14.1 Å². The summed E-state index contributed by atoms with van der Waals surface area (Å²) in [5.74, 6) is 0. The molecule has 0 spiro atoms. The molecule has 0 bridgehead atoms. The van der Waals surface area contributed by atoms with Crippen LogP contribution in [-0.4, -0.2) is 50.6 Å². The van der Waals surface area contributed by atoms with Crippen LogP contribution in [0, 0.1) is 0 Å². The highest BCUT2D eigenvalue weighted by molar-refractivity contribution is 7.59. The molecule has 2 saturated heterocycles. The molecule has 0 saturated carbocycles. The van der Waals surface area contributed by atoms with Crippen LogP contribution in [0.15, 0.2) is 0 Å². The van der Waals surface area contributed by atoms with E-state index in [-0.39, 0.29) is 13.5 Å². The first-order valence-electron chi connectivity index (χ1n) is 8.13. The van der Waals surface area contributed by atoms with Crippen molar-refractivity contribution >= 4 is 13.5 Å². The normalized spacial score (nSPS) is 39.7. The predicted molar refractivity (Wildman–Crippen MR) is 94.6 cm³/mol. The fourth-order valence-electron chi connectivity index (χ4n) is 3.11. The van der Waals surface area contributed by atoms with Crippen molar-refractivity contribution in [1.82, 2.24) is 10.6 Å². The van der Waals surface area contributed by atoms with E-state index in [9.17, 15) is 0 Å². The predicted octanol–water partition coefficient (Wildman–Crippen LogP) is 2.44. The monoisotopic (exact) mass is 320 g/mol. The van der Waals surface area contributed by atoms with Crippen molar-refractivity contribution in [1.29, 1.82) is 0 Å². The lowest BCUT2D eigenvalue weighted by Gasteiger charge is -2.32. The van der Waals surface area contributed by atoms with Gasteiger partial charge in [0.2, 0.25) is 0 Å². The lowest BCUT2D eigenvalue weighted by atomic mass is 10.0. The zero-order chi connectivity index (χ0) is 15.1. The molecule has 0 amide bonds. The highest BCUT2D eigenvalue weighted by Crippen LogP contribution is 2.18. The second kappa shape index (κ2) is 10.8. The third-order valence-electron chi connectivity index (χ3n) is 4.54. The largest absolute Gasteiger partial charge is 0.374 e. The Kier molecular flexibility index (Phi) is 10.9. The Labute approximate surface area is 138 Å². The highest BCUT2D eigenvalue weighted by Gasteiger charge is 2.24. The number of likely N-dealkylation sites (N-methyl/N-ethyl adjacent to an activating group) is 2. The van der Waals surface area contributed by atoms with Gasteiger partial charge in [0.25, 0.3) is 0 Å². The Balaban J connectivity index is 0.000000364. The van der Waals surface area contributed by atoms with Crippen molar-refractivity contribution in [2.75, 3.05) is 14.1 Å². The SMILES string of the molecule is CNC1CCC(C)OC1C.CN[C@H]1CC[C@H](C)O[C@@H]1C.S. The molecule has 0 aromatic carbocycles. The molecule has 2 heterocycles. The molecule has 5 heteroatoms. The van der Waals surface area contributed by atoms with Gasteiger partial charge in [0, 0.05) is 12.1 Å². The van der Waals surface area contributed by atoms with Gasteiger partial charge in [-0.2, -0.15) is 13.5 Å². The van der Waals surface area contributed by atoms with Gasteiger partial charge in [-0.15, -0.1) is 0 Å². The zero-order valence-electron chi connectivity index (χ0n) is 14.6. The zero-order valence-corrected chi connectivity index (χ0v) is 15.6. The van der Waals surface area contributed by atoms with Gasteiger partial charge in [-0.1, -0.05) is 0 Å². The molecule has 21 heavy (non-hydrogen) atoms. The molecular weight excluding hydrogens is 284 g/mol. The minimum Gasteiger partial charge on any atom is -0.374 e. The van der Waals surface area contributed by atoms with E-state index in [2.05, 4.69) is 38.3 Å². The van der Waals surface area contributed by atoms with Crippen LogP contribution in [0.4, 0.5) is 0 Å². The first-order chi connectivity index (χ1) is 9.47. The number of nitrogens with one attached hydrogen (secondary N) is 2. The summed E-state index contributed by atoms with van der Waals surface area (Å²) in [6, 6.07) is 1.13. The Bertz CT molecular complexity index is 243. The topological polar surface area (TPSA) is 42.5 Å². The third kappa shape index (κ3) is 7.33. The van der Waals surface area contributed by atoms with E-state index in [0.717, 1.165) is 0 Å². The average Bonchev–Trinajstić information content (AvgIpc) is 2.40. The number of ether oxygens (including phenoxy) is 2. The Morgan fingerprint density at radius 2 is 1.00 bits per heavy atom. The van der Waals surface area contributed by atoms with E-state index in [0.29, 0.717) is 36.5 Å². The molecule has 2 aliphatic heterocycles. The van der Waals surface area contributed by atoms with Gasteiger partial charge in [-0.3, -0.25) is 0 Å². The molecule has 3 unspecified atom stereocenters. The molecule has 2 aliphatic rings. The molecule has 0 aromatic heterocycles. The fraction of sp³-hybridized carbons (Fsp3) is 1.00. The number of hydrogen-bond acceptors (Lipinski definition) is 4. The first-order valence-corrected chi connectivity index (χ1v) is 8.13. The van der Waals surface area contributed by atoms with Crippen LogP contribution in [-0.2, 0) is 9.47 Å². The van der Waals surface area contributed by atoms with Crippen molar-refractivity contribution in [3.8, 4) is 0 Å². The minimum atomic E-state index is 0. The summed E-state index contributed by atoms with van der Waals surface area (Å²) >= 11 is 0. The molecule has 4 nitrogen and oxygen atoms in total. The Morgan fingerprint density at radius 3 is 1.24 bits per heavy atom. The second-order valence-corrected chi connectivity index (χ2v) is 6.25. The van der Waals surface area contributed by atoms with Gasteiger partial charge in [-0.05, 0) is 67.5 Å². The summed E-state index contributed by atoms with van der Waals surface area (Å²) < 4.78 is 11.3. The standard InChI is InChI=1S/2C8H17NO.H2S/c2*1-6-4-5-8(9-3)7(2)10-6;/h2*6-9H,4-5H2,1-3H3;1H2/t6-,7+,8-;;/m0../s1. The average molecular weight is 321 g/mol. The lowest BCUT2D eigenvalue weighted by Crippen LogP contribution is -2.43. The second-order valence-electron chi connectivity index (χ2n) is 6.25. The molecule has 0 aromatic rings. The number of hydrogen-bond donors (Lipinski definition) is 2. The van der Waals surface area contributed by atoms with E-state index < -0.39 is 0 Å². The molecule has 0 radical (unpaired) electrons. The number of rotatable bonds is 2. The molecule has 0 aliphatic carbocycles.